The number of ether oxygens (including phenoxy) is 1. The monoisotopic (exact) mass is 270 g/mol. The highest BCUT2D eigenvalue weighted by atomic mass is 35.5. The Balaban J connectivity index is 2.57. The van der Waals surface area contributed by atoms with Gasteiger partial charge in [0.15, 0.2) is 6.61 Å². The van der Waals surface area contributed by atoms with Crippen molar-refractivity contribution in [3.05, 3.63) is 40.4 Å². The lowest BCUT2D eigenvalue weighted by Crippen LogP contribution is -2.09. The predicted molar refractivity (Wildman–Crippen MR) is 67.1 cm³/mol. The van der Waals surface area contributed by atoms with E-state index in [9.17, 15) is 4.79 Å². The average molecular weight is 271 g/mol. The van der Waals surface area contributed by atoms with Gasteiger partial charge in [-0.3, -0.25) is 0 Å². The zero-order valence-electron chi connectivity index (χ0n) is 8.61. The Morgan fingerprint density at radius 2 is 1.82 bits per heavy atom. The highest BCUT2D eigenvalue weighted by Crippen LogP contribution is 2.37. The van der Waals surface area contributed by atoms with E-state index in [1.807, 2.05) is 18.2 Å². The van der Waals surface area contributed by atoms with Crippen LogP contribution < -0.4 is 4.74 Å². The lowest BCUT2D eigenvalue weighted by atomic mass is 10.1. The molecule has 0 aliphatic rings. The first-order chi connectivity index (χ1) is 8.09. The van der Waals surface area contributed by atoms with Crippen LogP contribution in [0.15, 0.2) is 30.3 Å². The second-order valence-electron chi connectivity index (χ2n) is 3.40. The predicted octanol–water partition coefficient (Wildman–Crippen LogP) is 3.61. The standard InChI is InChI=1S/C12H8Cl2O3/c13-9-5-10(14)12(17-6-11(15)16)8-4-2-1-3-7(8)9/h1-5H,6H2,(H,15,16). The summed E-state index contributed by atoms with van der Waals surface area (Å²) < 4.78 is 5.18. The van der Waals surface area contributed by atoms with Gasteiger partial charge in [-0.15, -0.1) is 0 Å². The van der Waals surface area contributed by atoms with E-state index in [2.05, 4.69) is 0 Å². The summed E-state index contributed by atoms with van der Waals surface area (Å²) in [5.41, 5.74) is 0. The van der Waals surface area contributed by atoms with Gasteiger partial charge in [0.1, 0.15) is 5.75 Å². The molecule has 0 spiro atoms. The first-order valence-electron chi connectivity index (χ1n) is 4.81. The number of benzene rings is 2. The maximum atomic E-state index is 10.5. The normalized spacial score (nSPS) is 10.5. The highest BCUT2D eigenvalue weighted by Gasteiger charge is 2.12. The Hall–Kier alpha value is -1.45. The minimum absolute atomic E-state index is 0.301. The fraction of sp³-hybridized carbons (Fsp3) is 0.0833. The molecule has 5 heteroatoms. The number of hydrogen-bond acceptors (Lipinski definition) is 2. The maximum absolute atomic E-state index is 10.5. The van der Waals surface area contributed by atoms with Gasteiger partial charge in [-0.2, -0.15) is 0 Å². The third kappa shape index (κ3) is 2.46. The lowest BCUT2D eigenvalue weighted by Gasteiger charge is -2.10. The van der Waals surface area contributed by atoms with E-state index in [1.54, 1.807) is 12.1 Å². The van der Waals surface area contributed by atoms with Crippen molar-refractivity contribution < 1.29 is 14.6 Å². The van der Waals surface area contributed by atoms with Crippen LogP contribution in [0.1, 0.15) is 0 Å². The van der Waals surface area contributed by atoms with E-state index >= 15 is 0 Å². The molecule has 2 aromatic rings. The molecule has 0 unspecified atom stereocenters. The molecule has 0 aliphatic carbocycles. The van der Waals surface area contributed by atoms with Crippen LogP contribution in [0.25, 0.3) is 10.8 Å². The highest BCUT2D eigenvalue weighted by molar-refractivity contribution is 6.39. The second-order valence-corrected chi connectivity index (χ2v) is 4.21. The van der Waals surface area contributed by atoms with Crippen molar-refractivity contribution >= 4 is 39.9 Å². The number of carboxylic acid groups (broad SMARTS) is 1. The average Bonchev–Trinajstić information content (AvgIpc) is 2.28. The maximum Gasteiger partial charge on any atom is 0.341 e. The molecule has 0 amide bonds. The lowest BCUT2D eigenvalue weighted by molar-refractivity contribution is -0.139. The Morgan fingerprint density at radius 1 is 1.18 bits per heavy atom. The number of fused-ring (bicyclic) bond motifs is 1. The summed E-state index contributed by atoms with van der Waals surface area (Å²) in [7, 11) is 0. The van der Waals surface area contributed by atoms with Crippen molar-refractivity contribution in [3.8, 4) is 5.75 Å². The fourth-order valence-corrected chi connectivity index (χ4v) is 2.15. The van der Waals surface area contributed by atoms with Gasteiger partial charge in [0, 0.05) is 10.8 Å². The zero-order chi connectivity index (χ0) is 12.4. The minimum Gasteiger partial charge on any atom is -0.480 e. The molecule has 1 N–H and O–H groups in total. The van der Waals surface area contributed by atoms with Crippen molar-refractivity contribution in [1.82, 2.24) is 0 Å². The minimum atomic E-state index is -1.06. The number of hydrogen-bond donors (Lipinski definition) is 1. The van der Waals surface area contributed by atoms with Crippen molar-refractivity contribution in [2.24, 2.45) is 0 Å². The number of rotatable bonds is 3. The molecule has 17 heavy (non-hydrogen) atoms. The van der Waals surface area contributed by atoms with Crippen LogP contribution >= 0.6 is 23.2 Å². The van der Waals surface area contributed by atoms with Gasteiger partial charge >= 0.3 is 5.97 Å². The summed E-state index contributed by atoms with van der Waals surface area (Å²) in [6.07, 6.45) is 0. The quantitative estimate of drug-likeness (QED) is 0.927. The van der Waals surface area contributed by atoms with Crippen molar-refractivity contribution in [1.29, 1.82) is 0 Å². The van der Waals surface area contributed by atoms with Crippen LogP contribution in [0.2, 0.25) is 10.0 Å². The van der Waals surface area contributed by atoms with Crippen LogP contribution in [0.3, 0.4) is 0 Å². The molecular formula is C12H8Cl2O3. The van der Waals surface area contributed by atoms with Gasteiger partial charge in [0.05, 0.1) is 10.0 Å². The van der Waals surface area contributed by atoms with Gasteiger partial charge in [0.25, 0.3) is 0 Å². The van der Waals surface area contributed by atoms with E-state index in [0.717, 1.165) is 5.39 Å². The second kappa shape index (κ2) is 4.82. The summed E-state index contributed by atoms with van der Waals surface area (Å²) in [5.74, 6) is -0.714. The molecule has 0 heterocycles. The molecule has 0 aliphatic heterocycles. The van der Waals surface area contributed by atoms with E-state index in [1.165, 1.54) is 0 Å². The van der Waals surface area contributed by atoms with Crippen LogP contribution in [0.4, 0.5) is 0 Å². The largest absolute Gasteiger partial charge is 0.480 e. The van der Waals surface area contributed by atoms with Gasteiger partial charge in [-0.25, -0.2) is 4.79 Å². The Kier molecular flexibility index (Phi) is 3.41. The van der Waals surface area contributed by atoms with E-state index < -0.39 is 12.6 Å². The molecule has 0 saturated carbocycles. The third-order valence-corrected chi connectivity index (χ3v) is 2.83. The Morgan fingerprint density at radius 3 is 2.47 bits per heavy atom. The summed E-state index contributed by atoms with van der Waals surface area (Å²) in [5, 5.41) is 10.9. The smallest absolute Gasteiger partial charge is 0.341 e. The third-order valence-electron chi connectivity index (χ3n) is 2.24. The summed E-state index contributed by atoms with van der Waals surface area (Å²) in [4.78, 5) is 10.5. The molecule has 0 aromatic heterocycles. The summed E-state index contributed by atoms with van der Waals surface area (Å²) in [6, 6.07) is 8.79. The van der Waals surface area contributed by atoms with Crippen molar-refractivity contribution in [2.75, 3.05) is 6.61 Å². The fourth-order valence-electron chi connectivity index (χ4n) is 1.55. The molecule has 2 aromatic carbocycles. The van der Waals surface area contributed by atoms with E-state index in [4.69, 9.17) is 33.0 Å². The number of aliphatic carboxylic acids is 1. The Bertz CT molecular complexity index is 581. The topological polar surface area (TPSA) is 46.5 Å². The van der Waals surface area contributed by atoms with Crippen LogP contribution in [0.5, 0.6) is 5.75 Å². The molecule has 88 valence electrons. The van der Waals surface area contributed by atoms with E-state index in [0.29, 0.717) is 21.2 Å². The molecule has 0 radical (unpaired) electrons. The van der Waals surface area contributed by atoms with Gasteiger partial charge < -0.3 is 9.84 Å². The van der Waals surface area contributed by atoms with Gasteiger partial charge in [0.2, 0.25) is 0 Å². The number of carbonyl (C=O) groups is 1. The van der Waals surface area contributed by atoms with Crippen molar-refractivity contribution in [3.63, 3.8) is 0 Å². The molecule has 2 rings (SSSR count). The molecule has 3 nitrogen and oxygen atoms in total. The van der Waals surface area contributed by atoms with Crippen LogP contribution in [0, 0.1) is 0 Å². The molecule has 0 saturated heterocycles. The van der Waals surface area contributed by atoms with Crippen molar-refractivity contribution in [2.45, 2.75) is 0 Å². The zero-order valence-corrected chi connectivity index (χ0v) is 10.1. The van der Waals surface area contributed by atoms with Gasteiger partial charge in [-0.1, -0.05) is 47.5 Å². The molecule has 0 fully saturated rings. The summed E-state index contributed by atoms with van der Waals surface area (Å²) >= 11 is 12.0. The first kappa shape index (κ1) is 12.0. The van der Waals surface area contributed by atoms with Gasteiger partial charge in [-0.05, 0) is 6.07 Å². The Labute approximate surface area is 108 Å². The number of halogens is 2. The van der Waals surface area contributed by atoms with Crippen LogP contribution in [-0.4, -0.2) is 17.7 Å². The number of carboxylic acids is 1. The first-order valence-corrected chi connectivity index (χ1v) is 5.56. The van der Waals surface area contributed by atoms with E-state index in [-0.39, 0.29) is 0 Å². The molecule has 0 bridgehead atoms. The molecule has 0 atom stereocenters. The molecular weight excluding hydrogens is 263 g/mol. The summed E-state index contributed by atoms with van der Waals surface area (Å²) in [6.45, 7) is -0.439. The SMILES string of the molecule is O=C(O)COc1c(Cl)cc(Cl)c2ccccc12. The van der Waals surface area contributed by atoms with Crippen LogP contribution in [-0.2, 0) is 4.79 Å².